The van der Waals surface area contributed by atoms with Gasteiger partial charge < -0.3 is 14.9 Å². The molecule has 1 fully saturated rings. The summed E-state index contributed by atoms with van der Waals surface area (Å²) in [5.41, 5.74) is 2.50. The number of rotatable bonds is 9. The molecule has 1 N–H and O–H groups in total. The van der Waals surface area contributed by atoms with Crippen LogP contribution in [-0.2, 0) is 14.4 Å². The van der Waals surface area contributed by atoms with Crippen LogP contribution in [0.4, 0.5) is 0 Å². The minimum atomic E-state index is -0.515. The van der Waals surface area contributed by atoms with Crippen LogP contribution in [0, 0.1) is 5.41 Å². The molecule has 1 heterocycles. The van der Waals surface area contributed by atoms with Crippen molar-refractivity contribution in [1.82, 2.24) is 5.32 Å². The largest absolute Gasteiger partial charge is 0.449 e. The second kappa shape index (κ2) is 10.3. The molecular weight excluding hydrogens is 428 g/mol. The van der Waals surface area contributed by atoms with Crippen molar-refractivity contribution in [3.63, 3.8) is 0 Å². The molecule has 6 heteroatoms. The number of ether oxygens (including phenoxy) is 1. The van der Waals surface area contributed by atoms with Crippen molar-refractivity contribution >= 4 is 18.1 Å². The van der Waals surface area contributed by atoms with Crippen LogP contribution in [0.3, 0.4) is 0 Å². The average Bonchev–Trinajstić information content (AvgIpc) is 2.89. The lowest BCUT2D eigenvalue weighted by Crippen LogP contribution is -2.67. The summed E-state index contributed by atoms with van der Waals surface area (Å²) in [6.45, 7) is 3.94. The number of esters is 1. The van der Waals surface area contributed by atoms with E-state index in [0.717, 1.165) is 16.7 Å². The first-order valence-corrected chi connectivity index (χ1v) is 11.5. The molecule has 0 saturated carbocycles. The number of carbonyl (C=O) groups excluding carboxylic acids is 2. The van der Waals surface area contributed by atoms with E-state index in [1.165, 1.54) is 0 Å². The molecule has 34 heavy (non-hydrogen) atoms. The van der Waals surface area contributed by atoms with Crippen LogP contribution in [0.1, 0.15) is 59.8 Å². The Hall–Kier alpha value is -3.93. The summed E-state index contributed by atoms with van der Waals surface area (Å²) >= 11 is 0. The predicted molar refractivity (Wildman–Crippen MR) is 130 cm³/mol. The van der Waals surface area contributed by atoms with Gasteiger partial charge in [-0.25, -0.2) is 4.79 Å². The van der Waals surface area contributed by atoms with E-state index >= 15 is 0 Å². The third-order valence-corrected chi connectivity index (χ3v) is 6.42. The van der Waals surface area contributed by atoms with E-state index in [2.05, 4.69) is 10.5 Å². The Balaban J connectivity index is 1.41. The molecular formula is C28H28N2O4. The minimum Gasteiger partial charge on any atom is -0.449 e. The number of nitrogens with one attached hydrogen (secondary N) is 1. The first-order chi connectivity index (χ1) is 16.6. The molecule has 3 aromatic carbocycles. The predicted octanol–water partition coefficient (Wildman–Crippen LogP) is 5.25. The third kappa shape index (κ3) is 4.71. The molecule has 3 aromatic rings. The molecule has 1 amide bonds. The zero-order chi connectivity index (χ0) is 24.0. The molecule has 1 atom stereocenters. The topological polar surface area (TPSA) is 77.0 Å². The van der Waals surface area contributed by atoms with Crippen molar-refractivity contribution in [2.75, 3.05) is 0 Å². The molecule has 1 aliphatic heterocycles. The minimum absolute atomic E-state index is 0.00451. The Labute approximate surface area is 199 Å². The maximum atomic E-state index is 12.9. The lowest BCUT2D eigenvalue weighted by molar-refractivity contribution is -0.175. The number of β-lactam (4-membered cyclic amide) rings is 1. The van der Waals surface area contributed by atoms with Crippen LogP contribution in [0.2, 0.25) is 0 Å². The smallest absolute Gasteiger partial charge is 0.339 e. The zero-order valence-electron chi connectivity index (χ0n) is 19.3. The molecule has 1 unspecified atom stereocenters. The SMILES string of the molecule is CCC1(CC)C(=O)NC1O/N=C/c1ccc(C(=O)OC(c2ccccc2)c2ccccc2)cc1. The standard InChI is InChI=1S/C28H28N2O4/c1-3-28(4-2)26(32)30-27(28)34-29-19-20-15-17-23(18-16-20)25(31)33-24(21-11-7-5-8-12-21)22-13-9-6-10-14-22/h5-19,24,27H,3-4H2,1-2H3,(H,30,32)/b29-19+. The number of hydrogen-bond donors (Lipinski definition) is 1. The molecule has 0 bridgehead atoms. The molecule has 0 radical (unpaired) electrons. The summed E-state index contributed by atoms with van der Waals surface area (Å²) in [5.74, 6) is -0.407. The Bertz CT molecular complexity index is 1100. The van der Waals surface area contributed by atoms with Crippen LogP contribution in [0.15, 0.2) is 90.1 Å². The van der Waals surface area contributed by atoms with Gasteiger partial charge >= 0.3 is 5.97 Å². The molecule has 0 aromatic heterocycles. The highest BCUT2D eigenvalue weighted by Crippen LogP contribution is 2.38. The van der Waals surface area contributed by atoms with Gasteiger partial charge in [0.05, 0.1) is 11.8 Å². The van der Waals surface area contributed by atoms with Crippen LogP contribution >= 0.6 is 0 Å². The van der Waals surface area contributed by atoms with Crippen molar-refractivity contribution in [3.05, 3.63) is 107 Å². The van der Waals surface area contributed by atoms with Gasteiger partial charge in [-0.2, -0.15) is 0 Å². The van der Waals surface area contributed by atoms with Crippen molar-refractivity contribution in [2.24, 2.45) is 10.6 Å². The van der Waals surface area contributed by atoms with Crippen molar-refractivity contribution in [1.29, 1.82) is 0 Å². The van der Waals surface area contributed by atoms with E-state index in [-0.39, 0.29) is 5.91 Å². The van der Waals surface area contributed by atoms with Gasteiger partial charge in [0.15, 0.2) is 6.10 Å². The molecule has 1 saturated heterocycles. The van der Waals surface area contributed by atoms with Crippen molar-refractivity contribution in [3.8, 4) is 0 Å². The number of carbonyl (C=O) groups is 2. The molecule has 1 aliphatic rings. The van der Waals surface area contributed by atoms with Gasteiger partial charge in [0.1, 0.15) is 5.41 Å². The number of benzene rings is 3. The highest BCUT2D eigenvalue weighted by atomic mass is 16.7. The van der Waals surface area contributed by atoms with E-state index in [0.29, 0.717) is 18.4 Å². The highest BCUT2D eigenvalue weighted by Gasteiger charge is 2.54. The van der Waals surface area contributed by atoms with E-state index in [1.807, 2.05) is 74.5 Å². The summed E-state index contributed by atoms with van der Waals surface area (Å²) in [6.07, 6.45) is 2.03. The molecule has 4 rings (SSSR count). The number of oxime groups is 1. The number of nitrogens with zero attached hydrogens (tertiary/aromatic N) is 1. The lowest BCUT2D eigenvalue weighted by atomic mass is 9.74. The fraction of sp³-hybridized carbons (Fsp3) is 0.250. The Morgan fingerprint density at radius 2 is 1.50 bits per heavy atom. The quantitative estimate of drug-likeness (QED) is 0.207. The highest BCUT2D eigenvalue weighted by molar-refractivity contribution is 5.91. The van der Waals surface area contributed by atoms with Gasteiger partial charge in [-0.15, -0.1) is 0 Å². The number of hydrogen-bond acceptors (Lipinski definition) is 5. The van der Waals surface area contributed by atoms with E-state index in [1.54, 1.807) is 30.5 Å². The van der Waals surface area contributed by atoms with Gasteiger partial charge in [-0.05, 0) is 41.7 Å². The summed E-state index contributed by atoms with van der Waals surface area (Å²) in [6, 6.07) is 26.3. The molecule has 0 aliphatic carbocycles. The lowest BCUT2D eigenvalue weighted by Gasteiger charge is -2.45. The van der Waals surface area contributed by atoms with Gasteiger partial charge in [0.25, 0.3) is 0 Å². The third-order valence-electron chi connectivity index (χ3n) is 6.42. The first kappa shape index (κ1) is 23.2. The normalized spacial score (nSPS) is 16.7. The Morgan fingerprint density at radius 1 is 0.941 bits per heavy atom. The molecule has 0 spiro atoms. The Kier molecular flexibility index (Phi) is 7.07. The summed E-state index contributed by atoms with van der Waals surface area (Å²) < 4.78 is 5.90. The van der Waals surface area contributed by atoms with Crippen molar-refractivity contribution in [2.45, 2.75) is 39.0 Å². The second-order valence-electron chi connectivity index (χ2n) is 8.29. The van der Waals surface area contributed by atoms with Gasteiger partial charge in [-0.1, -0.05) is 91.8 Å². The molecule has 174 valence electrons. The summed E-state index contributed by atoms with van der Waals surface area (Å²) in [4.78, 5) is 30.4. The molecule has 6 nitrogen and oxygen atoms in total. The monoisotopic (exact) mass is 456 g/mol. The van der Waals surface area contributed by atoms with Crippen LogP contribution in [0.5, 0.6) is 0 Å². The van der Waals surface area contributed by atoms with Gasteiger partial charge in [0.2, 0.25) is 12.1 Å². The van der Waals surface area contributed by atoms with E-state index in [9.17, 15) is 9.59 Å². The van der Waals surface area contributed by atoms with Gasteiger partial charge in [0, 0.05) is 0 Å². The van der Waals surface area contributed by atoms with Crippen LogP contribution < -0.4 is 5.32 Å². The maximum Gasteiger partial charge on any atom is 0.339 e. The van der Waals surface area contributed by atoms with E-state index < -0.39 is 23.7 Å². The fourth-order valence-electron chi connectivity index (χ4n) is 4.13. The average molecular weight is 457 g/mol. The van der Waals surface area contributed by atoms with Crippen molar-refractivity contribution < 1.29 is 19.2 Å². The van der Waals surface area contributed by atoms with Crippen LogP contribution in [-0.4, -0.2) is 24.3 Å². The summed E-state index contributed by atoms with van der Waals surface area (Å²) in [5, 5.41) is 6.79. The summed E-state index contributed by atoms with van der Waals surface area (Å²) in [7, 11) is 0. The van der Waals surface area contributed by atoms with E-state index in [4.69, 9.17) is 9.57 Å². The van der Waals surface area contributed by atoms with Crippen LogP contribution in [0.25, 0.3) is 0 Å². The second-order valence-corrected chi connectivity index (χ2v) is 8.29. The first-order valence-electron chi connectivity index (χ1n) is 11.5. The Morgan fingerprint density at radius 3 is 2.00 bits per heavy atom. The van der Waals surface area contributed by atoms with Gasteiger partial charge in [-0.3, -0.25) is 4.79 Å². The number of amides is 1. The fourth-order valence-corrected chi connectivity index (χ4v) is 4.13. The maximum absolute atomic E-state index is 12.9. The zero-order valence-corrected chi connectivity index (χ0v) is 19.3.